The van der Waals surface area contributed by atoms with Crippen LogP contribution in [0.2, 0.25) is 0 Å². The number of benzene rings is 1. The lowest BCUT2D eigenvalue weighted by atomic mass is 9.85. The fourth-order valence-electron chi connectivity index (χ4n) is 3.15. The third-order valence-electron chi connectivity index (χ3n) is 4.44. The minimum absolute atomic E-state index is 0.0756. The molecule has 1 saturated heterocycles. The van der Waals surface area contributed by atoms with Crippen molar-refractivity contribution in [3.63, 3.8) is 0 Å². The number of nitrogens with two attached hydrogens (primary N) is 1. The Morgan fingerprint density at radius 2 is 1.96 bits per heavy atom. The molecule has 1 aromatic carbocycles. The molecule has 134 valence electrons. The second kappa shape index (κ2) is 8.38. The van der Waals surface area contributed by atoms with Crippen molar-refractivity contribution in [2.45, 2.75) is 25.2 Å². The summed E-state index contributed by atoms with van der Waals surface area (Å²) in [4.78, 5) is 18.5. The van der Waals surface area contributed by atoms with Gasteiger partial charge in [-0.25, -0.2) is 4.98 Å². The molecule has 3 heterocycles. The summed E-state index contributed by atoms with van der Waals surface area (Å²) < 4.78 is 5.16. The second-order valence-electron chi connectivity index (χ2n) is 6.18. The quantitative estimate of drug-likeness (QED) is 0.669. The van der Waals surface area contributed by atoms with Gasteiger partial charge < -0.3 is 20.4 Å². The maximum atomic E-state index is 12.0. The van der Waals surface area contributed by atoms with Crippen molar-refractivity contribution in [2.75, 3.05) is 13.1 Å². The third kappa shape index (κ3) is 3.79. The van der Waals surface area contributed by atoms with Gasteiger partial charge in [0.15, 0.2) is 0 Å². The molecule has 1 atom stereocenters. The van der Waals surface area contributed by atoms with E-state index in [1.807, 2.05) is 24.1 Å². The summed E-state index contributed by atoms with van der Waals surface area (Å²) in [6, 6.07) is 9.07. The van der Waals surface area contributed by atoms with Gasteiger partial charge in [-0.1, -0.05) is 30.3 Å². The highest BCUT2D eigenvalue weighted by molar-refractivity contribution is 6.05. The molecule has 7 nitrogen and oxygen atoms in total. The van der Waals surface area contributed by atoms with Crippen LogP contribution in [0.5, 0.6) is 5.88 Å². The number of piperidine rings is 1. The van der Waals surface area contributed by atoms with Gasteiger partial charge in [0.2, 0.25) is 11.8 Å². The lowest BCUT2D eigenvalue weighted by Crippen LogP contribution is -2.85. The van der Waals surface area contributed by atoms with E-state index >= 15 is 0 Å². The van der Waals surface area contributed by atoms with Gasteiger partial charge in [-0.2, -0.15) is 0 Å². The first kappa shape index (κ1) is 17.8. The number of H-pyrrole nitrogens is 1. The van der Waals surface area contributed by atoms with Crippen molar-refractivity contribution in [1.82, 2.24) is 9.97 Å². The number of aromatic amines is 1. The standard InChI is InChI=1S/C14H9N4O2.C5H11N/c15-6-9-10(8-4-2-1-3-5-8)11-13(19)17-7-18-14(11)20-12(9)16;1-2-4-6-5-3-1/h1-5,7,10,16H,(H,17,18,19);6H,1-5H2/q-1;/p+1. The average Bonchev–Trinajstić information content (AvgIpc) is 2.69. The number of hydrogen-bond acceptors (Lipinski definition) is 4. The van der Waals surface area contributed by atoms with Crippen LogP contribution < -0.4 is 15.6 Å². The summed E-state index contributed by atoms with van der Waals surface area (Å²) in [7, 11) is 0. The number of hydrogen-bond donors (Lipinski definition) is 3. The van der Waals surface area contributed by atoms with E-state index in [1.165, 1.54) is 38.7 Å². The number of nitrogens with one attached hydrogen (secondary N) is 2. The SMILES string of the molecule is C1CC[NH2+]CC1.[N-]=C=C1C(=N)Oc2nc[nH]c(=O)c2C1c1ccccc1. The Hall–Kier alpha value is -3.02. The molecule has 4 N–H and O–H groups in total. The van der Waals surface area contributed by atoms with Crippen LogP contribution in [0.1, 0.15) is 36.3 Å². The van der Waals surface area contributed by atoms with Crippen molar-refractivity contribution < 1.29 is 10.1 Å². The normalized spacial score (nSPS) is 18.7. The van der Waals surface area contributed by atoms with Gasteiger partial charge in [-0.15, -0.1) is 0 Å². The van der Waals surface area contributed by atoms with Gasteiger partial charge in [0.25, 0.3) is 5.56 Å². The molecule has 0 aliphatic carbocycles. The maximum Gasteiger partial charge on any atom is 0.258 e. The fourth-order valence-corrected chi connectivity index (χ4v) is 3.15. The molecule has 0 spiro atoms. The minimum Gasteiger partial charge on any atom is -0.763 e. The maximum absolute atomic E-state index is 12.0. The van der Waals surface area contributed by atoms with E-state index in [9.17, 15) is 10.2 Å². The average molecular weight is 351 g/mol. The topological polar surface area (TPSA) is 118 Å². The summed E-state index contributed by atoms with van der Waals surface area (Å²) in [5.74, 6) is 1.13. The van der Waals surface area contributed by atoms with Gasteiger partial charge in [0.05, 0.1) is 30.9 Å². The molecule has 1 aromatic heterocycles. The summed E-state index contributed by atoms with van der Waals surface area (Å²) in [5.41, 5.74) is 0.731. The van der Waals surface area contributed by atoms with Crippen LogP contribution >= 0.6 is 0 Å². The van der Waals surface area contributed by atoms with Gasteiger partial charge >= 0.3 is 0 Å². The van der Waals surface area contributed by atoms with E-state index in [0.29, 0.717) is 0 Å². The highest BCUT2D eigenvalue weighted by Crippen LogP contribution is 2.37. The molecule has 2 aromatic rings. The molecule has 0 amide bonds. The fraction of sp³-hybridized carbons (Fsp3) is 0.316. The highest BCUT2D eigenvalue weighted by atomic mass is 16.5. The number of nitrogens with zero attached hydrogens (tertiary/aromatic N) is 2. The molecule has 2 aliphatic heterocycles. The van der Waals surface area contributed by atoms with E-state index < -0.39 is 5.92 Å². The zero-order valence-corrected chi connectivity index (χ0v) is 14.4. The van der Waals surface area contributed by atoms with Crippen LogP contribution in [-0.4, -0.2) is 34.8 Å². The smallest absolute Gasteiger partial charge is 0.258 e. The van der Waals surface area contributed by atoms with Crippen LogP contribution in [0.3, 0.4) is 0 Å². The first-order valence-corrected chi connectivity index (χ1v) is 8.70. The second-order valence-corrected chi connectivity index (χ2v) is 6.18. The first-order valence-electron chi connectivity index (χ1n) is 8.70. The molecule has 2 aliphatic rings. The lowest BCUT2D eigenvalue weighted by Gasteiger charge is -2.26. The molecule has 1 fully saturated rings. The van der Waals surface area contributed by atoms with Crippen molar-refractivity contribution in [2.24, 2.45) is 0 Å². The molecule has 1 unspecified atom stereocenters. The van der Waals surface area contributed by atoms with Crippen LogP contribution in [0.15, 0.2) is 47.0 Å². The largest absolute Gasteiger partial charge is 0.763 e. The van der Waals surface area contributed by atoms with Crippen molar-refractivity contribution >= 4 is 11.8 Å². The van der Waals surface area contributed by atoms with Crippen molar-refractivity contribution in [3.8, 4) is 5.88 Å². The van der Waals surface area contributed by atoms with Crippen LogP contribution in [0.25, 0.3) is 5.41 Å². The molecule has 26 heavy (non-hydrogen) atoms. The Bertz CT molecular complexity index is 869. The van der Waals surface area contributed by atoms with Gasteiger partial charge in [0.1, 0.15) is 0 Å². The number of ether oxygens (including phenoxy) is 1. The predicted octanol–water partition coefficient (Wildman–Crippen LogP) is 1.17. The zero-order chi connectivity index (χ0) is 18.4. The molecular weight excluding hydrogens is 330 g/mol. The van der Waals surface area contributed by atoms with Crippen LogP contribution in [0, 0.1) is 5.41 Å². The highest BCUT2D eigenvalue weighted by Gasteiger charge is 2.34. The van der Waals surface area contributed by atoms with E-state index in [-0.39, 0.29) is 28.5 Å². The Kier molecular flexibility index (Phi) is 5.73. The van der Waals surface area contributed by atoms with E-state index in [0.717, 1.165) is 5.56 Å². The van der Waals surface area contributed by atoms with Crippen molar-refractivity contribution in [1.29, 1.82) is 5.41 Å². The Balaban J connectivity index is 0.000000278. The Labute approximate surface area is 151 Å². The van der Waals surface area contributed by atoms with Crippen LogP contribution in [0.4, 0.5) is 0 Å². The minimum atomic E-state index is -0.630. The number of fused-ring (bicyclic) bond motifs is 1. The predicted molar refractivity (Wildman–Crippen MR) is 98.9 cm³/mol. The Morgan fingerprint density at radius 3 is 2.54 bits per heavy atom. The molecule has 4 rings (SSSR count). The third-order valence-corrected chi connectivity index (χ3v) is 4.44. The first-order chi connectivity index (χ1) is 12.7. The van der Waals surface area contributed by atoms with Gasteiger partial charge in [-0.05, 0) is 24.8 Å². The lowest BCUT2D eigenvalue weighted by molar-refractivity contribution is -0.662. The monoisotopic (exact) mass is 351 g/mol. The molecule has 0 bridgehead atoms. The number of aromatic nitrogens is 2. The van der Waals surface area contributed by atoms with E-state index in [2.05, 4.69) is 15.3 Å². The molecule has 0 radical (unpaired) electrons. The number of quaternary nitrogens is 1. The molecule has 0 saturated carbocycles. The van der Waals surface area contributed by atoms with E-state index in [4.69, 9.17) is 10.1 Å². The van der Waals surface area contributed by atoms with Gasteiger partial charge in [0, 0.05) is 5.57 Å². The summed E-state index contributed by atoms with van der Waals surface area (Å²) in [6.45, 7) is 2.75. The number of rotatable bonds is 1. The Morgan fingerprint density at radius 1 is 1.23 bits per heavy atom. The summed E-state index contributed by atoms with van der Waals surface area (Å²) >= 11 is 0. The van der Waals surface area contributed by atoms with E-state index in [1.54, 1.807) is 12.1 Å². The van der Waals surface area contributed by atoms with Crippen LogP contribution in [-0.2, 0) is 0 Å². The molecule has 7 heteroatoms. The van der Waals surface area contributed by atoms with Crippen molar-refractivity contribution in [3.05, 3.63) is 69.1 Å². The van der Waals surface area contributed by atoms with Gasteiger partial charge in [-0.3, -0.25) is 16.1 Å². The zero-order valence-electron chi connectivity index (χ0n) is 14.4. The summed E-state index contributed by atoms with van der Waals surface area (Å²) in [6.07, 6.45) is 5.57. The summed E-state index contributed by atoms with van der Waals surface area (Å²) in [5, 5.41) is 19.5. The molecular formula is C19H21N5O2.